The maximum atomic E-state index is 6.30. The van der Waals surface area contributed by atoms with Crippen LogP contribution in [0.3, 0.4) is 0 Å². The summed E-state index contributed by atoms with van der Waals surface area (Å²) >= 11 is 6.30. The van der Waals surface area contributed by atoms with E-state index in [-0.39, 0.29) is 0 Å². The third-order valence-corrected chi connectivity index (χ3v) is 3.50. The Bertz CT molecular complexity index is 611. The SMILES string of the molecule is COc1ccc(N)cc1Cc1ccc(N(C)C)c(Cl)c1. The summed E-state index contributed by atoms with van der Waals surface area (Å²) in [7, 11) is 5.61. The fourth-order valence-corrected chi connectivity index (χ4v) is 2.55. The number of methoxy groups -OCH3 is 1. The molecule has 0 bridgehead atoms. The van der Waals surface area contributed by atoms with Crippen molar-refractivity contribution in [2.45, 2.75) is 6.42 Å². The van der Waals surface area contributed by atoms with Crippen LogP contribution in [0.25, 0.3) is 0 Å². The lowest BCUT2D eigenvalue weighted by Crippen LogP contribution is -2.09. The van der Waals surface area contributed by atoms with Crippen molar-refractivity contribution in [2.75, 3.05) is 31.8 Å². The molecular weight excluding hydrogens is 272 g/mol. The van der Waals surface area contributed by atoms with Gasteiger partial charge < -0.3 is 15.4 Å². The molecule has 0 spiro atoms. The van der Waals surface area contributed by atoms with Gasteiger partial charge in [0.25, 0.3) is 0 Å². The van der Waals surface area contributed by atoms with Gasteiger partial charge in [0.05, 0.1) is 17.8 Å². The molecule has 0 unspecified atom stereocenters. The zero-order valence-electron chi connectivity index (χ0n) is 12.0. The van der Waals surface area contributed by atoms with E-state index in [4.69, 9.17) is 22.1 Å². The van der Waals surface area contributed by atoms with Gasteiger partial charge in [0.1, 0.15) is 5.75 Å². The summed E-state index contributed by atoms with van der Waals surface area (Å²) in [5, 5.41) is 0.746. The molecule has 0 saturated carbocycles. The summed E-state index contributed by atoms with van der Waals surface area (Å²) in [4.78, 5) is 1.99. The molecule has 0 aliphatic heterocycles. The van der Waals surface area contributed by atoms with Crippen LogP contribution in [0.1, 0.15) is 11.1 Å². The largest absolute Gasteiger partial charge is 0.496 e. The number of nitrogens with zero attached hydrogens (tertiary/aromatic N) is 1. The van der Waals surface area contributed by atoms with E-state index in [1.54, 1.807) is 7.11 Å². The molecule has 20 heavy (non-hydrogen) atoms. The Labute approximate surface area is 124 Å². The molecule has 2 aromatic carbocycles. The first kappa shape index (κ1) is 14.5. The third-order valence-electron chi connectivity index (χ3n) is 3.19. The fraction of sp³-hybridized carbons (Fsp3) is 0.250. The van der Waals surface area contributed by atoms with E-state index < -0.39 is 0 Å². The number of halogens is 1. The van der Waals surface area contributed by atoms with E-state index in [9.17, 15) is 0 Å². The van der Waals surface area contributed by atoms with Crippen molar-refractivity contribution in [1.82, 2.24) is 0 Å². The normalized spacial score (nSPS) is 10.4. The Hall–Kier alpha value is -1.87. The van der Waals surface area contributed by atoms with Gasteiger partial charge in [-0.15, -0.1) is 0 Å². The maximum absolute atomic E-state index is 6.30. The van der Waals surface area contributed by atoms with Gasteiger partial charge in [-0.3, -0.25) is 0 Å². The molecular formula is C16H19ClN2O. The number of rotatable bonds is 4. The van der Waals surface area contributed by atoms with Crippen molar-refractivity contribution in [1.29, 1.82) is 0 Å². The molecule has 0 radical (unpaired) electrons. The topological polar surface area (TPSA) is 38.5 Å². The highest BCUT2D eigenvalue weighted by atomic mass is 35.5. The highest BCUT2D eigenvalue weighted by Gasteiger charge is 2.08. The van der Waals surface area contributed by atoms with E-state index in [1.165, 1.54) is 0 Å². The maximum Gasteiger partial charge on any atom is 0.122 e. The number of benzene rings is 2. The van der Waals surface area contributed by atoms with Crippen LogP contribution < -0.4 is 15.4 Å². The van der Waals surface area contributed by atoms with Gasteiger partial charge in [0, 0.05) is 31.8 Å². The van der Waals surface area contributed by atoms with Crippen molar-refractivity contribution >= 4 is 23.0 Å². The molecule has 4 heteroatoms. The van der Waals surface area contributed by atoms with Crippen LogP contribution in [0.15, 0.2) is 36.4 Å². The molecule has 2 N–H and O–H groups in total. The first-order chi connectivity index (χ1) is 9.51. The number of hydrogen-bond donors (Lipinski definition) is 1. The third kappa shape index (κ3) is 3.17. The lowest BCUT2D eigenvalue weighted by atomic mass is 10.0. The molecule has 0 fully saturated rings. The summed E-state index contributed by atoms with van der Waals surface area (Å²) in [6.45, 7) is 0. The second-order valence-electron chi connectivity index (χ2n) is 4.93. The van der Waals surface area contributed by atoms with Crippen LogP contribution >= 0.6 is 11.6 Å². The van der Waals surface area contributed by atoms with Crippen LogP contribution in [0.2, 0.25) is 5.02 Å². The molecule has 0 heterocycles. The molecule has 0 atom stereocenters. The second kappa shape index (κ2) is 6.06. The van der Waals surface area contributed by atoms with Gasteiger partial charge in [-0.25, -0.2) is 0 Å². The predicted molar refractivity (Wildman–Crippen MR) is 86.0 cm³/mol. The van der Waals surface area contributed by atoms with E-state index >= 15 is 0 Å². The highest BCUT2D eigenvalue weighted by molar-refractivity contribution is 6.33. The fourth-order valence-electron chi connectivity index (χ4n) is 2.18. The first-order valence-electron chi connectivity index (χ1n) is 6.39. The standard InChI is InChI=1S/C16H19ClN2O/c1-19(2)15-6-4-11(9-14(15)17)8-12-10-13(18)5-7-16(12)20-3/h4-7,9-10H,8,18H2,1-3H3. The minimum absolute atomic E-state index is 0.733. The van der Waals surface area contributed by atoms with Crippen molar-refractivity contribution in [3.05, 3.63) is 52.5 Å². The molecule has 2 rings (SSSR count). The van der Waals surface area contributed by atoms with E-state index in [2.05, 4.69) is 6.07 Å². The molecule has 0 aliphatic rings. The summed E-state index contributed by atoms with van der Waals surface area (Å²) in [6, 6.07) is 11.7. The molecule has 0 aromatic heterocycles. The van der Waals surface area contributed by atoms with Crippen molar-refractivity contribution in [3.63, 3.8) is 0 Å². The van der Waals surface area contributed by atoms with E-state index in [1.807, 2.05) is 49.3 Å². The Morgan fingerprint density at radius 1 is 1.15 bits per heavy atom. The minimum atomic E-state index is 0.733. The lowest BCUT2D eigenvalue weighted by Gasteiger charge is -2.15. The van der Waals surface area contributed by atoms with Gasteiger partial charge in [-0.1, -0.05) is 17.7 Å². The number of nitrogens with two attached hydrogens (primary N) is 1. The van der Waals surface area contributed by atoms with Gasteiger partial charge in [-0.2, -0.15) is 0 Å². The number of hydrogen-bond acceptors (Lipinski definition) is 3. The van der Waals surface area contributed by atoms with Crippen LogP contribution in [0.4, 0.5) is 11.4 Å². The first-order valence-corrected chi connectivity index (χ1v) is 6.77. The smallest absolute Gasteiger partial charge is 0.122 e. The number of ether oxygens (including phenoxy) is 1. The Morgan fingerprint density at radius 3 is 2.50 bits per heavy atom. The zero-order valence-corrected chi connectivity index (χ0v) is 12.7. The van der Waals surface area contributed by atoms with Gasteiger partial charge >= 0.3 is 0 Å². The summed E-state index contributed by atoms with van der Waals surface area (Å²) in [5.74, 6) is 0.840. The van der Waals surface area contributed by atoms with Crippen LogP contribution in [0, 0.1) is 0 Å². The molecule has 0 saturated heterocycles. The Morgan fingerprint density at radius 2 is 1.90 bits per heavy atom. The number of nitrogen functional groups attached to an aromatic ring is 1. The zero-order chi connectivity index (χ0) is 14.7. The molecule has 106 valence electrons. The predicted octanol–water partition coefficient (Wildman–Crippen LogP) is 3.59. The molecule has 0 aliphatic carbocycles. The van der Waals surface area contributed by atoms with Crippen molar-refractivity contribution in [3.8, 4) is 5.75 Å². The number of anilines is 2. The lowest BCUT2D eigenvalue weighted by molar-refractivity contribution is 0.410. The minimum Gasteiger partial charge on any atom is -0.496 e. The van der Waals surface area contributed by atoms with Gasteiger partial charge in [-0.05, 0) is 35.9 Å². The van der Waals surface area contributed by atoms with Crippen LogP contribution in [-0.4, -0.2) is 21.2 Å². The molecule has 2 aromatic rings. The second-order valence-corrected chi connectivity index (χ2v) is 5.34. The van der Waals surface area contributed by atoms with E-state index in [0.29, 0.717) is 0 Å². The van der Waals surface area contributed by atoms with Crippen LogP contribution in [0.5, 0.6) is 5.75 Å². The quantitative estimate of drug-likeness (QED) is 0.875. The summed E-state index contributed by atoms with van der Waals surface area (Å²) < 4.78 is 5.37. The van der Waals surface area contributed by atoms with E-state index in [0.717, 1.165) is 39.7 Å². The van der Waals surface area contributed by atoms with Gasteiger partial charge in [0.15, 0.2) is 0 Å². The molecule has 0 amide bonds. The average molecular weight is 291 g/mol. The van der Waals surface area contributed by atoms with Crippen LogP contribution in [-0.2, 0) is 6.42 Å². The monoisotopic (exact) mass is 290 g/mol. The van der Waals surface area contributed by atoms with Crippen molar-refractivity contribution in [2.24, 2.45) is 0 Å². The van der Waals surface area contributed by atoms with Crippen molar-refractivity contribution < 1.29 is 4.74 Å². The average Bonchev–Trinajstić information content (AvgIpc) is 2.38. The van der Waals surface area contributed by atoms with Gasteiger partial charge in [0.2, 0.25) is 0 Å². The Kier molecular flexibility index (Phi) is 4.40. The molecule has 3 nitrogen and oxygen atoms in total. The highest BCUT2D eigenvalue weighted by Crippen LogP contribution is 2.29. The summed E-state index contributed by atoms with van der Waals surface area (Å²) in [5.41, 5.74) is 9.77. The Balaban J connectivity index is 2.31. The summed E-state index contributed by atoms with van der Waals surface area (Å²) in [6.07, 6.45) is 0.738.